The number of hydrogen-bond acceptors (Lipinski definition) is 3. The summed E-state index contributed by atoms with van der Waals surface area (Å²) in [6, 6.07) is 9.38. The van der Waals surface area contributed by atoms with E-state index in [4.69, 9.17) is 4.74 Å². The van der Waals surface area contributed by atoms with Crippen molar-refractivity contribution in [2.75, 3.05) is 24.6 Å². The number of piperidine rings is 2. The number of nitrogens with one attached hydrogen (secondary N) is 1. The maximum atomic E-state index is 5.57. The molecular formula is C18H26N2O. The number of benzene rings is 1. The lowest BCUT2D eigenvalue weighted by Crippen LogP contribution is -2.81. The Balaban J connectivity index is 1.61. The Morgan fingerprint density at radius 3 is 2.71 bits per heavy atom. The van der Waals surface area contributed by atoms with E-state index in [0.717, 1.165) is 18.3 Å². The maximum Gasteiger partial charge on any atom is 0.119 e. The molecule has 4 atom stereocenters. The molecule has 1 aromatic rings. The Morgan fingerprint density at radius 2 is 2.00 bits per heavy atom. The summed E-state index contributed by atoms with van der Waals surface area (Å²) in [7, 11) is 0. The van der Waals surface area contributed by atoms with Crippen LogP contribution < -0.4 is 15.0 Å². The van der Waals surface area contributed by atoms with Gasteiger partial charge in [-0.25, -0.2) is 0 Å². The van der Waals surface area contributed by atoms with Crippen molar-refractivity contribution < 1.29 is 4.74 Å². The summed E-state index contributed by atoms with van der Waals surface area (Å²) in [6.07, 6.45) is 2.65. The first kappa shape index (κ1) is 13.4. The lowest BCUT2D eigenvalue weighted by atomic mass is 9.46. The molecule has 2 unspecified atom stereocenters. The molecule has 1 saturated carbocycles. The van der Waals surface area contributed by atoms with Crippen LogP contribution >= 0.6 is 0 Å². The van der Waals surface area contributed by atoms with Crippen molar-refractivity contribution in [3.8, 4) is 5.75 Å². The van der Waals surface area contributed by atoms with Crippen LogP contribution in [-0.2, 0) is 0 Å². The van der Waals surface area contributed by atoms with Gasteiger partial charge in [-0.3, -0.25) is 0 Å². The van der Waals surface area contributed by atoms with Gasteiger partial charge in [0.15, 0.2) is 0 Å². The first-order valence-corrected chi connectivity index (χ1v) is 8.30. The Hall–Kier alpha value is -1.22. The van der Waals surface area contributed by atoms with E-state index in [0.29, 0.717) is 17.0 Å². The van der Waals surface area contributed by atoms with Gasteiger partial charge in [0.25, 0.3) is 0 Å². The highest BCUT2D eigenvalue weighted by Crippen LogP contribution is 2.60. The third-order valence-electron chi connectivity index (χ3n) is 6.40. The average Bonchev–Trinajstić information content (AvgIpc) is 2.46. The van der Waals surface area contributed by atoms with Gasteiger partial charge in [0.2, 0.25) is 0 Å². The molecule has 1 N–H and O–H groups in total. The smallest absolute Gasteiger partial charge is 0.119 e. The first-order valence-electron chi connectivity index (χ1n) is 8.30. The highest BCUT2D eigenvalue weighted by molar-refractivity contribution is 5.53. The molecule has 21 heavy (non-hydrogen) atoms. The SMILES string of the molecule is CCOc1ccc(N2C[C@H]3CNC4(C)CC2[C@@]4(C)C3)cc1. The van der Waals surface area contributed by atoms with Crippen LogP contribution in [0.5, 0.6) is 5.75 Å². The number of rotatable bonds is 3. The zero-order valence-corrected chi connectivity index (χ0v) is 13.4. The fourth-order valence-corrected chi connectivity index (χ4v) is 4.93. The maximum absolute atomic E-state index is 5.57. The Bertz CT molecular complexity index is 543. The van der Waals surface area contributed by atoms with E-state index in [2.05, 4.69) is 48.3 Å². The van der Waals surface area contributed by atoms with Gasteiger partial charge in [-0.1, -0.05) is 6.92 Å². The molecule has 0 aromatic heterocycles. The number of anilines is 1. The van der Waals surface area contributed by atoms with Crippen molar-refractivity contribution in [2.24, 2.45) is 11.3 Å². The monoisotopic (exact) mass is 286 g/mol. The Morgan fingerprint density at radius 1 is 1.24 bits per heavy atom. The number of nitrogens with zero attached hydrogens (tertiary/aromatic N) is 1. The summed E-state index contributed by atoms with van der Waals surface area (Å²) < 4.78 is 5.57. The van der Waals surface area contributed by atoms with E-state index in [-0.39, 0.29) is 0 Å². The molecule has 114 valence electrons. The molecule has 1 aromatic carbocycles. The molecule has 3 nitrogen and oxygen atoms in total. The van der Waals surface area contributed by atoms with E-state index in [1.165, 1.54) is 31.6 Å². The molecule has 0 amide bonds. The van der Waals surface area contributed by atoms with E-state index < -0.39 is 0 Å². The van der Waals surface area contributed by atoms with Gasteiger partial charge >= 0.3 is 0 Å². The molecule has 3 heteroatoms. The molecule has 0 spiro atoms. The fourth-order valence-electron chi connectivity index (χ4n) is 4.93. The van der Waals surface area contributed by atoms with Gasteiger partial charge in [0.1, 0.15) is 5.75 Å². The lowest BCUT2D eigenvalue weighted by Gasteiger charge is -2.72. The minimum atomic E-state index is 0.345. The summed E-state index contributed by atoms with van der Waals surface area (Å²) in [5, 5.41) is 3.82. The summed E-state index contributed by atoms with van der Waals surface area (Å²) in [5.74, 6) is 1.76. The average molecular weight is 286 g/mol. The van der Waals surface area contributed by atoms with Crippen LogP contribution in [0.1, 0.15) is 33.6 Å². The molecule has 2 heterocycles. The summed E-state index contributed by atoms with van der Waals surface area (Å²) in [5.41, 5.74) is 2.13. The van der Waals surface area contributed by atoms with Crippen LogP contribution in [0.25, 0.3) is 0 Å². The fraction of sp³-hybridized carbons (Fsp3) is 0.667. The van der Waals surface area contributed by atoms with E-state index in [1.807, 2.05) is 6.92 Å². The van der Waals surface area contributed by atoms with Crippen LogP contribution in [-0.4, -0.2) is 31.3 Å². The summed E-state index contributed by atoms with van der Waals surface area (Å²) in [6.45, 7) is 10.0. The normalized spacial score (nSPS) is 40.6. The van der Waals surface area contributed by atoms with Crippen LogP contribution in [0, 0.1) is 11.3 Å². The van der Waals surface area contributed by atoms with Crippen molar-refractivity contribution in [1.29, 1.82) is 0 Å². The van der Waals surface area contributed by atoms with Crippen LogP contribution in [0.3, 0.4) is 0 Å². The minimum Gasteiger partial charge on any atom is -0.494 e. The molecule has 2 bridgehead atoms. The lowest BCUT2D eigenvalue weighted by molar-refractivity contribution is -0.1000. The molecule has 1 aliphatic carbocycles. The number of hydrogen-bond donors (Lipinski definition) is 1. The van der Waals surface area contributed by atoms with Gasteiger partial charge in [-0.2, -0.15) is 0 Å². The van der Waals surface area contributed by atoms with Crippen LogP contribution in [0.4, 0.5) is 5.69 Å². The van der Waals surface area contributed by atoms with E-state index in [9.17, 15) is 0 Å². The highest BCUT2D eigenvalue weighted by atomic mass is 16.5. The zero-order valence-electron chi connectivity index (χ0n) is 13.4. The third kappa shape index (κ3) is 1.76. The standard InChI is InChI=1S/C18H26N2O/c1-4-21-15-7-5-14(6-8-15)20-12-13-9-17(2)16(20)10-18(17,3)19-11-13/h5-8,13,16,19H,4,9-12H2,1-3H3/t13-,16?,17-,18?/m1/s1. The summed E-state index contributed by atoms with van der Waals surface area (Å²) in [4.78, 5) is 2.66. The van der Waals surface area contributed by atoms with Gasteiger partial charge in [-0.15, -0.1) is 0 Å². The van der Waals surface area contributed by atoms with E-state index >= 15 is 0 Å². The molecule has 2 aliphatic heterocycles. The second-order valence-corrected chi connectivity index (χ2v) is 7.50. The van der Waals surface area contributed by atoms with Gasteiger partial charge in [-0.05, 0) is 56.9 Å². The van der Waals surface area contributed by atoms with Crippen LogP contribution in [0.15, 0.2) is 24.3 Å². The minimum absolute atomic E-state index is 0.345. The van der Waals surface area contributed by atoms with Gasteiger partial charge in [0, 0.05) is 35.8 Å². The van der Waals surface area contributed by atoms with Crippen LogP contribution in [0.2, 0.25) is 0 Å². The molecule has 4 rings (SSSR count). The largest absolute Gasteiger partial charge is 0.494 e. The van der Waals surface area contributed by atoms with Crippen molar-refractivity contribution in [3.63, 3.8) is 0 Å². The van der Waals surface area contributed by atoms with Crippen molar-refractivity contribution in [3.05, 3.63) is 24.3 Å². The topological polar surface area (TPSA) is 24.5 Å². The molecular weight excluding hydrogens is 260 g/mol. The first-order chi connectivity index (χ1) is 10.1. The quantitative estimate of drug-likeness (QED) is 0.924. The predicted octanol–water partition coefficient (Wildman–Crippen LogP) is 3.05. The molecule has 3 fully saturated rings. The van der Waals surface area contributed by atoms with Crippen molar-refractivity contribution in [1.82, 2.24) is 5.32 Å². The molecule has 2 saturated heterocycles. The molecule has 0 radical (unpaired) electrons. The third-order valence-corrected chi connectivity index (χ3v) is 6.40. The van der Waals surface area contributed by atoms with E-state index in [1.54, 1.807) is 0 Å². The van der Waals surface area contributed by atoms with Crippen molar-refractivity contribution >= 4 is 5.69 Å². The Kier molecular flexibility index (Phi) is 2.81. The number of fused-ring (bicyclic) bond motifs is 1. The van der Waals surface area contributed by atoms with Gasteiger partial charge in [0.05, 0.1) is 6.61 Å². The van der Waals surface area contributed by atoms with Crippen molar-refractivity contribution in [2.45, 2.75) is 45.2 Å². The van der Waals surface area contributed by atoms with Gasteiger partial charge < -0.3 is 15.0 Å². The zero-order chi connectivity index (χ0) is 14.7. The second kappa shape index (κ2) is 4.39. The second-order valence-electron chi connectivity index (χ2n) is 7.50. The highest BCUT2D eigenvalue weighted by Gasteiger charge is 2.66. The molecule has 3 aliphatic rings. The number of ether oxygens (including phenoxy) is 1. The predicted molar refractivity (Wildman–Crippen MR) is 86.0 cm³/mol. The Labute approximate surface area is 127 Å². The summed E-state index contributed by atoms with van der Waals surface area (Å²) >= 11 is 0.